The van der Waals surface area contributed by atoms with Crippen molar-refractivity contribution in [1.82, 2.24) is 0 Å². The Bertz CT molecular complexity index is 822. The minimum atomic E-state index is -0.0308. The number of fused-ring (bicyclic) bond motifs is 1. The molecule has 1 saturated carbocycles. The SMILES string of the molecule is CCCC1CCC(CCC2CC=C(c3cc4ccc(C)c(F)c4s3)CC2)CC1. The summed E-state index contributed by atoms with van der Waals surface area (Å²) < 4.78 is 15.2. The Hall–Kier alpha value is -1.15. The number of benzene rings is 1. The van der Waals surface area contributed by atoms with Gasteiger partial charge in [0.2, 0.25) is 0 Å². The minimum Gasteiger partial charge on any atom is -0.205 e. The van der Waals surface area contributed by atoms with Crippen LogP contribution in [0, 0.1) is 30.5 Å². The first kappa shape index (κ1) is 20.1. The zero-order valence-corrected chi connectivity index (χ0v) is 18.4. The molecule has 28 heavy (non-hydrogen) atoms. The molecule has 1 atom stereocenters. The monoisotopic (exact) mass is 398 g/mol. The highest BCUT2D eigenvalue weighted by Crippen LogP contribution is 2.40. The van der Waals surface area contributed by atoms with Crippen molar-refractivity contribution < 1.29 is 4.39 Å². The summed E-state index contributed by atoms with van der Waals surface area (Å²) in [5.41, 5.74) is 2.21. The molecule has 2 heteroatoms. The van der Waals surface area contributed by atoms with Crippen LogP contribution >= 0.6 is 11.3 Å². The van der Waals surface area contributed by atoms with Gasteiger partial charge in [0, 0.05) is 4.88 Å². The fourth-order valence-corrected chi connectivity index (χ4v) is 6.61. The lowest BCUT2D eigenvalue weighted by atomic mass is 9.76. The third-order valence-corrected chi connectivity index (χ3v) is 8.52. The van der Waals surface area contributed by atoms with Crippen LogP contribution in [0.15, 0.2) is 24.3 Å². The molecule has 0 amide bonds. The van der Waals surface area contributed by atoms with Gasteiger partial charge in [0.1, 0.15) is 5.82 Å². The predicted octanol–water partition coefficient (Wildman–Crippen LogP) is 8.92. The van der Waals surface area contributed by atoms with E-state index in [1.807, 2.05) is 13.0 Å². The van der Waals surface area contributed by atoms with Gasteiger partial charge >= 0.3 is 0 Å². The van der Waals surface area contributed by atoms with E-state index in [1.165, 1.54) is 81.1 Å². The third kappa shape index (κ3) is 4.53. The van der Waals surface area contributed by atoms with Crippen LogP contribution in [-0.4, -0.2) is 0 Å². The fourth-order valence-electron chi connectivity index (χ4n) is 5.39. The Kier molecular flexibility index (Phi) is 6.55. The second-order valence-electron chi connectivity index (χ2n) is 9.35. The van der Waals surface area contributed by atoms with Gasteiger partial charge in [-0.2, -0.15) is 0 Å². The quantitative estimate of drug-likeness (QED) is 0.455. The Labute approximate surface area is 174 Å². The largest absolute Gasteiger partial charge is 0.205 e. The first-order valence-corrected chi connectivity index (χ1v) is 12.3. The Morgan fingerprint density at radius 1 is 0.964 bits per heavy atom. The van der Waals surface area contributed by atoms with Gasteiger partial charge in [-0.3, -0.25) is 0 Å². The second-order valence-corrected chi connectivity index (χ2v) is 10.4. The Morgan fingerprint density at radius 3 is 2.36 bits per heavy atom. The van der Waals surface area contributed by atoms with Gasteiger partial charge in [-0.25, -0.2) is 4.39 Å². The molecule has 152 valence electrons. The molecule has 2 aromatic rings. The molecule has 1 fully saturated rings. The lowest BCUT2D eigenvalue weighted by molar-refractivity contribution is 0.237. The van der Waals surface area contributed by atoms with Crippen LogP contribution < -0.4 is 0 Å². The second kappa shape index (κ2) is 9.11. The standard InChI is InChI=1S/C26H35FS/c1-3-4-19-6-8-20(9-7-19)10-11-21-12-15-22(16-13-21)24-17-23-14-5-18(2)25(27)26(23)28-24/h5,14-15,17,19-21H,3-4,6-13,16H2,1-2H3. The number of halogens is 1. The number of hydrogen-bond acceptors (Lipinski definition) is 1. The van der Waals surface area contributed by atoms with Gasteiger partial charge in [0.25, 0.3) is 0 Å². The van der Waals surface area contributed by atoms with E-state index in [0.717, 1.165) is 33.4 Å². The first-order chi connectivity index (χ1) is 13.6. The Balaban J connectivity index is 1.30. The van der Waals surface area contributed by atoms with Crippen molar-refractivity contribution in [2.24, 2.45) is 17.8 Å². The minimum absolute atomic E-state index is 0.0308. The lowest BCUT2D eigenvalue weighted by Crippen LogP contribution is -2.16. The topological polar surface area (TPSA) is 0 Å². The highest BCUT2D eigenvalue weighted by molar-refractivity contribution is 7.20. The molecule has 0 N–H and O–H groups in total. The van der Waals surface area contributed by atoms with Crippen molar-refractivity contribution in [3.8, 4) is 0 Å². The van der Waals surface area contributed by atoms with Crippen LogP contribution in [0.1, 0.15) is 88.0 Å². The normalized spacial score (nSPS) is 25.8. The zero-order chi connectivity index (χ0) is 19.5. The Morgan fingerprint density at radius 2 is 1.68 bits per heavy atom. The smallest absolute Gasteiger partial charge is 0.143 e. The van der Waals surface area contributed by atoms with Crippen LogP contribution in [0.2, 0.25) is 0 Å². The van der Waals surface area contributed by atoms with Crippen molar-refractivity contribution in [1.29, 1.82) is 0 Å². The highest BCUT2D eigenvalue weighted by Gasteiger charge is 2.23. The van der Waals surface area contributed by atoms with E-state index in [1.54, 1.807) is 11.3 Å². The van der Waals surface area contributed by atoms with Crippen LogP contribution in [0.25, 0.3) is 15.7 Å². The van der Waals surface area contributed by atoms with E-state index >= 15 is 0 Å². The molecule has 1 heterocycles. The van der Waals surface area contributed by atoms with Gasteiger partial charge in [0.05, 0.1) is 4.70 Å². The zero-order valence-electron chi connectivity index (χ0n) is 17.6. The van der Waals surface area contributed by atoms with E-state index < -0.39 is 0 Å². The fraction of sp³-hybridized carbons (Fsp3) is 0.615. The third-order valence-electron chi connectivity index (χ3n) is 7.30. The van der Waals surface area contributed by atoms with Crippen molar-refractivity contribution in [2.45, 2.75) is 84.5 Å². The molecule has 1 aromatic heterocycles. The molecule has 0 saturated heterocycles. The summed E-state index contributed by atoms with van der Waals surface area (Å²) in [5, 5.41) is 1.06. The van der Waals surface area contributed by atoms with Gasteiger partial charge < -0.3 is 0 Å². The van der Waals surface area contributed by atoms with E-state index in [0.29, 0.717) is 0 Å². The number of allylic oxidation sites excluding steroid dienone is 2. The van der Waals surface area contributed by atoms with Gasteiger partial charge in [-0.05, 0) is 72.9 Å². The molecule has 1 aromatic carbocycles. The van der Waals surface area contributed by atoms with E-state index in [9.17, 15) is 4.39 Å². The van der Waals surface area contributed by atoms with Crippen molar-refractivity contribution >= 4 is 27.0 Å². The average Bonchev–Trinajstić information content (AvgIpc) is 3.16. The molecule has 1 unspecified atom stereocenters. The van der Waals surface area contributed by atoms with Crippen LogP contribution in [-0.2, 0) is 0 Å². The molecule has 0 spiro atoms. The van der Waals surface area contributed by atoms with Crippen LogP contribution in [0.3, 0.4) is 0 Å². The van der Waals surface area contributed by atoms with Crippen LogP contribution in [0.4, 0.5) is 4.39 Å². The molecule has 2 aliphatic carbocycles. The first-order valence-electron chi connectivity index (χ1n) is 11.5. The van der Waals surface area contributed by atoms with Gasteiger partial charge in [-0.1, -0.05) is 70.1 Å². The maximum atomic E-state index is 14.4. The number of rotatable bonds is 6. The van der Waals surface area contributed by atoms with E-state index in [2.05, 4.69) is 25.1 Å². The predicted molar refractivity (Wildman–Crippen MR) is 121 cm³/mol. The summed E-state index contributed by atoms with van der Waals surface area (Å²) >= 11 is 1.64. The molecule has 0 radical (unpaired) electrons. The van der Waals surface area contributed by atoms with Crippen LogP contribution in [0.5, 0.6) is 0 Å². The van der Waals surface area contributed by atoms with Crippen molar-refractivity contribution in [3.63, 3.8) is 0 Å². The molecule has 4 rings (SSSR count). The van der Waals surface area contributed by atoms with Gasteiger partial charge in [0.15, 0.2) is 0 Å². The van der Waals surface area contributed by atoms with Crippen molar-refractivity contribution in [3.05, 3.63) is 40.5 Å². The number of aryl methyl sites for hydroxylation is 1. The molecular formula is C26H35FS. The number of thiophene rings is 1. The molecule has 0 bridgehead atoms. The summed E-state index contributed by atoms with van der Waals surface area (Å²) in [4.78, 5) is 1.28. The maximum absolute atomic E-state index is 14.4. The van der Waals surface area contributed by atoms with Gasteiger partial charge in [-0.15, -0.1) is 11.3 Å². The number of hydrogen-bond donors (Lipinski definition) is 0. The molecular weight excluding hydrogens is 363 g/mol. The summed E-state index contributed by atoms with van der Waals surface area (Å²) in [6.45, 7) is 4.18. The van der Waals surface area contributed by atoms with Crippen molar-refractivity contribution in [2.75, 3.05) is 0 Å². The summed E-state index contributed by atoms with van der Waals surface area (Å²) in [6, 6.07) is 6.16. The maximum Gasteiger partial charge on any atom is 0.143 e. The van der Waals surface area contributed by atoms with E-state index in [4.69, 9.17) is 0 Å². The summed E-state index contributed by atoms with van der Waals surface area (Å²) in [7, 11) is 0. The lowest BCUT2D eigenvalue weighted by Gasteiger charge is -2.30. The summed E-state index contributed by atoms with van der Waals surface area (Å²) in [5.74, 6) is 2.85. The molecule has 0 aliphatic heterocycles. The average molecular weight is 399 g/mol. The molecule has 2 aliphatic rings. The molecule has 0 nitrogen and oxygen atoms in total. The van der Waals surface area contributed by atoms with E-state index in [-0.39, 0.29) is 5.82 Å². The highest BCUT2D eigenvalue weighted by atomic mass is 32.1. The summed E-state index contributed by atoms with van der Waals surface area (Å²) in [6.07, 6.45) is 17.7.